The van der Waals surface area contributed by atoms with Crippen molar-refractivity contribution in [3.8, 4) is 5.75 Å². The number of rotatable bonds is 2. The lowest BCUT2D eigenvalue weighted by Gasteiger charge is -2.00. The average molecular weight is 268 g/mol. The first-order valence-corrected chi connectivity index (χ1v) is 5.99. The van der Waals surface area contributed by atoms with Crippen LogP contribution in [0.1, 0.15) is 11.3 Å². The highest BCUT2D eigenvalue weighted by Crippen LogP contribution is 2.29. The smallest absolute Gasteiger partial charge is 0.119 e. The normalized spacial score (nSPS) is 10.9. The lowest BCUT2D eigenvalue weighted by molar-refractivity contribution is 0.415. The highest BCUT2D eigenvalue weighted by molar-refractivity contribution is 9.08. The van der Waals surface area contributed by atoms with Gasteiger partial charge in [0.2, 0.25) is 0 Å². The second-order valence-corrected chi connectivity index (χ2v) is 4.20. The molecule has 0 radical (unpaired) electrons. The molecule has 0 aliphatic heterocycles. The van der Waals surface area contributed by atoms with Crippen molar-refractivity contribution in [3.05, 3.63) is 29.5 Å². The molecular weight excluding hydrogens is 254 g/mol. The van der Waals surface area contributed by atoms with Gasteiger partial charge in [-0.3, -0.25) is 0 Å². The Labute approximate surface area is 98.0 Å². The van der Waals surface area contributed by atoms with Gasteiger partial charge in [-0.15, -0.1) is 0 Å². The fourth-order valence-corrected chi connectivity index (χ4v) is 2.63. The van der Waals surface area contributed by atoms with Crippen LogP contribution in [0.3, 0.4) is 0 Å². The maximum atomic E-state index is 5.25. The number of halogens is 1. The fourth-order valence-electron chi connectivity index (χ4n) is 1.92. The minimum Gasteiger partial charge on any atom is -0.497 e. The van der Waals surface area contributed by atoms with Crippen LogP contribution in [0.5, 0.6) is 5.75 Å². The third-order valence-electron chi connectivity index (χ3n) is 2.96. The number of ether oxygens (including phenoxy) is 1. The molecule has 0 N–H and O–H groups in total. The molecule has 0 atom stereocenters. The molecule has 0 unspecified atom stereocenters. The summed E-state index contributed by atoms with van der Waals surface area (Å²) in [6.45, 7) is 2.14. The molecule has 15 heavy (non-hydrogen) atoms. The van der Waals surface area contributed by atoms with Crippen LogP contribution < -0.4 is 4.74 Å². The zero-order chi connectivity index (χ0) is 11.0. The molecule has 0 saturated carbocycles. The molecule has 2 rings (SSSR count). The number of aryl methyl sites for hydroxylation is 1. The van der Waals surface area contributed by atoms with Crippen LogP contribution in [0, 0.1) is 6.92 Å². The first-order valence-electron chi connectivity index (χ1n) is 4.87. The molecule has 0 aliphatic rings. The van der Waals surface area contributed by atoms with Gasteiger partial charge in [0.25, 0.3) is 0 Å². The molecule has 0 amide bonds. The Kier molecular flexibility index (Phi) is 2.74. The Balaban J connectivity index is 2.80. The maximum absolute atomic E-state index is 5.25. The third kappa shape index (κ3) is 1.55. The van der Waals surface area contributed by atoms with E-state index in [2.05, 4.69) is 46.6 Å². The lowest BCUT2D eigenvalue weighted by Crippen LogP contribution is -1.90. The number of nitrogens with zero attached hydrogens (tertiary/aromatic N) is 1. The Hall–Kier alpha value is -0.960. The van der Waals surface area contributed by atoms with Crippen molar-refractivity contribution in [3.63, 3.8) is 0 Å². The second-order valence-electron chi connectivity index (χ2n) is 3.64. The lowest BCUT2D eigenvalue weighted by atomic mass is 10.1. The Morgan fingerprint density at radius 3 is 2.73 bits per heavy atom. The van der Waals surface area contributed by atoms with E-state index in [0.717, 1.165) is 11.1 Å². The zero-order valence-electron chi connectivity index (χ0n) is 9.17. The molecular formula is C12H14BrNO. The van der Waals surface area contributed by atoms with Crippen molar-refractivity contribution in [1.82, 2.24) is 4.57 Å². The monoisotopic (exact) mass is 267 g/mol. The predicted octanol–water partition coefficient (Wildman–Crippen LogP) is 3.39. The second kappa shape index (κ2) is 3.89. The summed E-state index contributed by atoms with van der Waals surface area (Å²) >= 11 is 3.54. The summed E-state index contributed by atoms with van der Waals surface area (Å²) in [5.41, 5.74) is 3.89. The number of benzene rings is 1. The number of aromatic nitrogens is 1. The predicted molar refractivity (Wildman–Crippen MR) is 66.8 cm³/mol. The maximum Gasteiger partial charge on any atom is 0.119 e. The van der Waals surface area contributed by atoms with Gasteiger partial charge in [0.05, 0.1) is 7.11 Å². The fraction of sp³-hybridized carbons (Fsp3) is 0.333. The number of hydrogen-bond donors (Lipinski definition) is 0. The van der Waals surface area contributed by atoms with Crippen LogP contribution >= 0.6 is 15.9 Å². The molecule has 80 valence electrons. The van der Waals surface area contributed by atoms with E-state index in [4.69, 9.17) is 4.74 Å². The van der Waals surface area contributed by atoms with E-state index in [1.165, 1.54) is 22.2 Å². The Bertz CT molecular complexity index is 502. The number of fused-ring (bicyclic) bond motifs is 1. The topological polar surface area (TPSA) is 14.2 Å². The van der Waals surface area contributed by atoms with E-state index in [0.29, 0.717) is 0 Å². The van der Waals surface area contributed by atoms with Gasteiger partial charge in [-0.1, -0.05) is 15.9 Å². The van der Waals surface area contributed by atoms with E-state index in [1.54, 1.807) is 7.11 Å². The highest BCUT2D eigenvalue weighted by Gasteiger charge is 2.11. The van der Waals surface area contributed by atoms with Crippen molar-refractivity contribution in [2.75, 3.05) is 7.11 Å². The van der Waals surface area contributed by atoms with Crippen molar-refractivity contribution in [2.45, 2.75) is 12.3 Å². The standard InChI is InChI=1S/C12H14BrNO/c1-8-11(7-13)10-6-9(15-3)4-5-12(10)14(8)2/h4-6H,7H2,1-3H3. The van der Waals surface area contributed by atoms with E-state index in [9.17, 15) is 0 Å². The van der Waals surface area contributed by atoms with Crippen molar-refractivity contribution < 1.29 is 4.74 Å². The van der Waals surface area contributed by atoms with Gasteiger partial charge in [-0.2, -0.15) is 0 Å². The number of hydrogen-bond acceptors (Lipinski definition) is 1. The Morgan fingerprint density at radius 2 is 2.13 bits per heavy atom. The summed E-state index contributed by atoms with van der Waals surface area (Å²) in [5.74, 6) is 0.912. The first kappa shape index (κ1) is 10.6. The Morgan fingerprint density at radius 1 is 1.40 bits per heavy atom. The van der Waals surface area contributed by atoms with Crippen LogP contribution in [-0.2, 0) is 12.4 Å². The van der Waals surface area contributed by atoms with Crippen LogP contribution in [0.15, 0.2) is 18.2 Å². The van der Waals surface area contributed by atoms with Gasteiger partial charge in [0.1, 0.15) is 5.75 Å². The summed E-state index contributed by atoms with van der Waals surface area (Å²) in [5, 5.41) is 2.15. The third-order valence-corrected chi connectivity index (χ3v) is 3.52. The molecule has 0 aliphatic carbocycles. The minimum absolute atomic E-state index is 0.878. The summed E-state index contributed by atoms with van der Waals surface area (Å²) in [4.78, 5) is 0. The van der Waals surface area contributed by atoms with Gasteiger partial charge in [0, 0.05) is 29.0 Å². The number of alkyl halides is 1. The molecule has 0 spiro atoms. The van der Waals surface area contributed by atoms with Gasteiger partial charge in [-0.25, -0.2) is 0 Å². The van der Waals surface area contributed by atoms with E-state index in [-0.39, 0.29) is 0 Å². The van der Waals surface area contributed by atoms with Crippen LogP contribution in [0.4, 0.5) is 0 Å². The molecule has 2 aromatic rings. The molecule has 1 heterocycles. The van der Waals surface area contributed by atoms with Crippen molar-refractivity contribution in [1.29, 1.82) is 0 Å². The zero-order valence-corrected chi connectivity index (χ0v) is 10.8. The average Bonchev–Trinajstić information content (AvgIpc) is 2.51. The minimum atomic E-state index is 0.878. The largest absolute Gasteiger partial charge is 0.497 e. The summed E-state index contributed by atoms with van der Waals surface area (Å²) in [6, 6.07) is 6.20. The van der Waals surface area contributed by atoms with Gasteiger partial charge in [-0.05, 0) is 30.7 Å². The van der Waals surface area contributed by atoms with Gasteiger partial charge < -0.3 is 9.30 Å². The SMILES string of the molecule is COc1ccc2c(c1)c(CBr)c(C)n2C. The van der Waals surface area contributed by atoms with E-state index >= 15 is 0 Å². The molecule has 1 aromatic carbocycles. The molecule has 1 aromatic heterocycles. The summed E-state index contributed by atoms with van der Waals surface area (Å²) in [6.07, 6.45) is 0. The van der Waals surface area contributed by atoms with E-state index < -0.39 is 0 Å². The van der Waals surface area contributed by atoms with Crippen LogP contribution in [-0.4, -0.2) is 11.7 Å². The first-order chi connectivity index (χ1) is 7.19. The molecule has 2 nitrogen and oxygen atoms in total. The van der Waals surface area contributed by atoms with Crippen LogP contribution in [0.2, 0.25) is 0 Å². The van der Waals surface area contributed by atoms with Gasteiger partial charge >= 0.3 is 0 Å². The molecule has 3 heteroatoms. The highest BCUT2D eigenvalue weighted by atomic mass is 79.9. The van der Waals surface area contributed by atoms with Crippen LogP contribution in [0.25, 0.3) is 10.9 Å². The van der Waals surface area contributed by atoms with E-state index in [1.807, 2.05) is 6.07 Å². The van der Waals surface area contributed by atoms with Crippen molar-refractivity contribution >= 4 is 26.8 Å². The summed E-state index contributed by atoms with van der Waals surface area (Å²) < 4.78 is 7.46. The quantitative estimate of drug-likeness (QED) is 0.761. The number of methoxy groups -OCH3 is 1. The molecule has 0 saturated heterocycles. The van der Waals surface area contributed by atoms with Gasteiger partial charge in [0.15, 0.2) is 0 Å². The van der Waals surface area contributed by atoms with Crippen molar-refractivity contribution in [2.24, 2.45) is 7.05 Å². The molecule has 0 fully saturated rings. The molecule has 0 bridgehead atoms. The summed E-state index contributed by atoms with van der Waals surface area (Å²) in [7, 11) is 3.79.